The molecule has 100 valence electrons. The van der Waals surface area contributed by atoms with Crippen LogP contribution in [0.15, 0.2) is 42.5 Å². The molecular formula is C16H18ClNO. The fourth-order valence-electron chi connectivity index (χ4n) is 1.96. The minimum Gasteiger partial charge on any atom is -0.389 e. The van der Waals surface area contributed by atoms with E-state index in [0.29, 0.717) is 5.02 Å². The van der Waals surface area contributed by atoms with Crippen LogP contribution in [0.3, 0.4) is 0 Å². The molecule has 0 aliphatic carbocycles. The van der Waals surface area contributed by atoms with E-state index < -0.39 is 6.10 Å². The zero-order valence-corrected chi connectivity index (χ0v) is 12.1. The summed E-state index contributed by atoms with van der Waals surface area (Å²) in [5, 5.41) is 10.2. The molecule has 0 unspecified atom stereocenters. The first-order valence-electron chi connectivity index (χ1n) is 6.27. The summed E-state index contributed by atoms with van der Waals surface area (Å²) in [5.41, 5.74) is 4.06. The Bertz CT molecular complexity index is 563. The van der Waals surface area contributed by atoms with Crippen LogP contribution in [0.1, 0.15) is 24.2 Å². The van der Waals surface area contributed by atoms with Crippen LogP contribution in [0.5, 0.6) is 0 Å². The average molecular weight is 276 g/mol. The third-order valence-corrected chi connectivity index (χ3v) is 3.54. The van der Waals surface area contributed by atoms with Crippen molar-refractivity contribution in [2.45, 2.75) is 20.0 Å². The molecule has 2 aromatic carbocycles. The van der Waals surface area contributed by atoms with Crippen molar-refractivity contribution in [2.75, 3.05) is 11.9 Å². The minimum absolute atomic E-state index is 0.503. The summed E-state index contributed by atoms with van der Waals surface area (Å²) in [4.78, 5) is 2.04. The Balaban J connectivity index is 2.33. The molecule has 0 bridgehead atoms. The molecule has 1 N–H and O–H groups in total. The number of hydrogen-bond donors (Lipinski definition) is 1. The smallest absolute Gasteiger partial charge is 0.0762 e. The first kappa shape index (κ1) is 13.9. The number of aliphatic hydroxyl groups is 1. The maximum atomic E-state index is 9.55. The van der Waals surface area contributed by atoms with Crippen LogP contribution in [0.25, 0.3) is 0 Å². The van der Waals surface area contributed by atoms with Crippen molar-refractivity contribution < 1.29 is 5.11 Å². The number of anilines is 2. The minimum atomic E-state index is -0.503. The Hall–Kier alpha value is -1.51. The summed E-state index contributed by atoms with van der Waals surface area (Å²) in [6.45, 7) is 3.79. The lowest BCUT2D eigenvalue weighted by molar-refractivity contribution is 0.199. The largest absolute Gasteiger partial charge is 0.389 e. The Kier molecular flexibility index (Phi) is 4.13. The van der Waals surface area contributed by atoms with Gasteiger partial charge >= 0.3 is 0 Å². The fourth-order valence-corrected chi connectivity index (χ4v) is 2.28. The van der Waals surface area contributed by atoms with Crippen molar-refractivity contribution in [3.8, 4) is 0 Å². The van der Waals surface area contributed by atoms with Crippen LogP contribution in [0, 0.1) is 6.92 Å². The lowest BCUT2D eigenvalue weighted by Gasteiger charge is -2.21. The van der Waals surface area contributed by atoms with Gasteiger partial charge in [-0.15, -0.1) is 0 Å². The summed E-state index contributed by atoms with van der Waals surface area (Å²) in [5.74, 6) is 0. The normalized spacial score (nSPS) is 12.3. The van der Waals surface area contributed by atoms with Gasteiger partial charge in [-0.05, 0) is 43.7 Å². The van der Waals surface area contributed by atoms with Gasteiger partial charge in [-0.3, -0.25) is 0 Å². The molecule has 19 heavy (non-hydrogen) atoms. The predicted molar refractivity (Wildman–Crippen MR) is 81.3 cm³/mol. The summed E-state index contributed by atoms with van der Waals surface area (Å²) in [6, 6.07) is 13.9. The standard InChI is InChI=1S/C16H18ClNO/c1-11-4-7-14(8-5-11)18(3)16-9-6-13(12(2)19)10-15(16)17/h4-10,12,19H,1-3H3/t12-/m1/s1. The molecule has 0 aromatic heterocycles. The molecule has 0 radical (unpaired) electrons. The topological polar surface area (TPSA) is 23.5 Å². The average Bonchev–Trinajstić information content (AvgIpc) is 2.38. The Morgan fingerprint density at radius 1 is 1.11 bits per heavy atom. The molecule has 0 heterocycles. The highest BCUT2D eigenvalue weighted by Gasteiger charge is 2.10. The van der Waals surface area contributed by atoms with Crippen molar-refractivity contribution in [3.63, 3.8) is 0 Å². The van der Waals surface area contributed by atoms with Gasteiger partial charge in [0.25, 0.3) is 0 Å². The quantitative estimate of drug-likeness (QED) is 0.893. The van der Waals surface area contributed by atoms with Gasteiger partial charge < -0.3 is 10.0 Å². The molecule has 2 rings (SSSR count). The van der Waals surface area contributed by atoms with Crippen LogP contribution < -0.4 is 4.90 Å². The molecule has 0 aliphatic rings. The molecule has 3 heteroatoms. The fraction of sp³-hybridized carbons (Fsp3) is 0.250. The maximum absolute atomic E-state index is 9.55. The number of rotatable bonds is 3. The van der Waals surface area contributed by atoms with Crippen LogP contribution in [0.4, 0.5) is 11.4 Å². The van der Waals surface area contributed by atoms with Gasteiger partial charge in [0.2, 0.25) is 0 Å². The van der Waals surface area contributed by atoms with E-state index in [1.807, 2.05) is 30.1 Å². The summed E-state index contributed by atoms with van der Waals surface area (Å²) < 4.78 is 0. The Labute approximate surface area is 119 Å². The van der Waals surface area contributed by atoms with E-state index in [0.717, 1.165) is 16.9 Å². The van der Waals surface area contributed by atoms with Gasteiger partial charge in [-0.25, -0.2) is 0 Å². The highest BCUT2D eigenvalue weighted by atomic mass is 35.5. The monoisotopic (exact) mass is 275 g/mol. The van der Waals surface area contributed by atoms with E-state index in [2.05, 4.69) is 31.2 Å². The first-order chi connectivity index (χ1) is 8.99. The van der Waals surface area contributed by atoms with Crippen molar-refractivity contribution in [2.24, 2.45) is 0 Å². The first-order valence-corrected chi connectivity index (χ1v) is 6.64. The lowest BCUT2D eigenvalue weighted by atomic mass is 10.1. The van der Waals surface area contributed by atoms with E-state index in [9.17, 15) is 5.11 Å². The predicted octanol–water partition coefficient (Wildman–Crippen LogP) is 4.47. The van der Waals surface area contributed by atoms with E-state index >= 15 is 0 Å². The number of nitrogens with zero attached hydrogens (tertiary/aromatic N) is 1. The third kappa shape index (κ3) is 3.09. The number of aryl methyl sites for hydroxylation is 1. The highest BCUT2D eigenvalue weighted by molar-refractivity contribution is 6.33. The molecule has 0 fully saturated rings. The SMILES string of the molecule is Cc1ccc(N(C)c2ccc([C@@H](C)O)cc2Cl)cc1. The maximum Gasteiger partial charge on any atom is 0.0762 e. The van der Waals surface area contributed by atoms with Crippen LogP contribution in [-0.2, 0) is 0 Å². The van der Waals surface area contributed by atoms with Crippen molar-refractivity contribution in [1.82, 2.24) is 0 Å². The molecule has 0 spiro atoms. The zero-order chi connectivity index (χ0) is 14.0. The van der Waals surface area contributed by atoms with E-state index in [-0.39, 0.29) is 0 Å². The van der Waals surface area contributed by atoms with E-state index in [4.69, 9.17) is 11.6 Å². The van der Waals surface area contributed by atoms with E-state index in [1.54, 1.807) is 6.92 Å². The summed E-state index contributed by atoms with van der Waals surface area (Å²) in [6.07, 6.45) is -0.503. The van der Waals surface area contributed by atoms with Gasteiger partial charge in [-0.1, -0.05) is 35.4 Å². The second-order valence-electron chi connectivity index (χ2n) is 4.78. The van der Waals surface area contributed by atoms with Crippen LogP contribution in [-0.4, -0.2) is 12.2 Å². The molecule has 0 amide bonds. The number of aliphatic hydroxyl groups excluding tert-OH is 1. The summed E-state index contributed by atoms with van der Waals surface area (Å²) in [7, 11) is 1.98. The van der Waals surface area contributed by atoms with Gasteiger partial charge in [0.1, 0.15) is 0 Å². The number of hydrogen-bond acceptors (Lipinski definition) is 2. The second kappa shape index (κ2) is 5.64. The molecule has 1 atom stereocenters. The number of halogens is 1. The van der Waals surface area contributed by atoms with Crippen LogP contribution in [0.2, 0.25) is 5.02 Å². The van der Waals surface area contributed by atoms with Crippen molar-refractivity contribution in [3.05, 3.63) is 58.6 Å². The Morgan fingerprint density at radius 3 is 2.26 bits per heavy atom. The molecular weight excluding hydrogens is 258 g/mol. The van der Waals surface area contributed by atoms with Crippen LogP contribution >= 0.6 is 11.6 Å². The van der Waals surface area contributed by atoms with Crippen molar-refractivity contribution in [1.29, 1.82) is 0 Å². The summed E-state index contributed by atoms with van der Waals surface area (Å²) >= 11 is 6.30. The van der Waals surface area contributed by atoms with Gasteiger partial charge in [0.05, 0.1) is 16.8 Å². The highest BCUT2D eigenvalue weighted by Crippen LogP contribution is 2.32. The lowest BCUT2D eigenvalue weighted by Crippen LogP contribution is -2.10. The zero-order valence-electron chi connectivity index (χ0n) is 11.4. The molecule has 2 aromatic rings. The van der Waals surface area contributed by atoms with Crippen molar-refractivity contribution >= 4 is 23.0 Å². The molecule has 0 saturated carbocycles. The molecule has 2 nitrogen and oxygen atoms in total. The van der Waals surface area contributed by atoms with E-state index in [1.165, 1.54) is 5.56 Å². The third-order valence-electron chi connectivity index (χ3n) is 3.24. The Morgan fingerprint density at radius 2 is 1.74 bits per heavy atom. The number of benzene rings is 2. The molecule has 0 saturated heterocycles. The van der Waals surface area contributed by atoms with Gasteiger partial charge in [-0.2, -0.15) is 0 Å². The second-order valence-corrected chi connectivity index (χ2v) is 5.19. The molecule has 0 aliphatic heterocycles. The van der Waals surface area contributed by atoms with Gasteiger partial charge in [0, 0.05) is 12.7 Å². The van der Waals surface area contributed by atoms with Gasteiger partial charge in [0.15, 0.2) is 0 Å².